The minimum absolute atomic E-state index is 0.307. The van der Waals surface area contributed by atoms with Gasteiger partial charge in [-0.1, -0.05) is 32.0 Å². The van der Waals surface area contributed by atoms with Crippen molar-refractivity contribution in [3.05, 3.63) is 36.0 Å². The number of carboxylic acid groups (broad SMARTS) is 1. The van der Waals surface area contributed by atoms with Gasteiger partial charge in [0.05, 0.1) is 11.2 Å². The van der Waals surface area contributed by atoms with Crippen molar-refractivity contribution in [2.45, 2.75) is 32.7 Å². The zero-order valence-corrected chi connectivity index (χ0v) is 12.4. The molecule has 1 N–H and O–H groups in total. The molecule has 0 unspecified atom stereocenters. The van der Waals surface area contributed by atoms with Crippen molar-refractivity contribution in [2.24, 2.45) is 5.92 Å². The van der Waals surface area contributed by atoms with E-state index in [9.17, 15) is 9.90 Å². The third kappa shape index (κ3) is 2.71. The summed E-state index contributed by atoms with van der Waals surface area (Å²) < 4.78 is 0. The summed E-state index contributed by atoms with van der Waals surface area (Å²) in [5.74, 6) is -0.420. The number of hydrogen-bond acceptors (Lipinski definition) is 3. The third-order valence-electron chi connectivity index (χ3n) is 3.81. The Morgan fingerprint density at radius 2 is 2.10 bits per heavy atom. The van der Waals surface area contributed by atoms with E-state index in [-0.39, 0.29) is 0 Å². The quantitative estimate of drug-likeness (QED) is 0.912. The third-order valence-corrected chi connectivity index (χ3v) is 3.81. The van der Waals surface area contributed by atoms with E-state index in [1.807, 2.05) is 24.3 Å². The number of carbonyl (C=O) groups is 1. The Bertz CT molecular complexity index is 678. The average Bonchev–Trinajstić information content (AvgIpc) is 3.28. The van der Waals surface area contributed by atoms with E-state index in [2.05, 4.69) is 23.7 Å². The molecular weight excluding hydrogens is 264 g/mol. The van der Waals surface area contributed by atoms with Crippen molar-refractivity contribution in [1.29, 1.82) is 0 Å². The number of nitrogens with zero attached hydrogens (tertiary/aromatic N) is 2. The van der Waals surface area contributed by atoms with Crippen LogP contribution in [0, 0.1) is 5.92 Å². The first-order valence-corrected chi connectivity index (χ1v) is 7.45. The highest BCUT2D eigenvalue weighted by Crippen LogP contribution is 2.38. The average molecular weight is 284 g/mol. The normalized spacial score (nSPS) is 14.6. The molecule has 0 amide bonds. The molecule has 0 atom stereocenters. The van der Waals surface area contributed by atoms with Crippen molar-refractivity contribution in [1.82, 2.24) is 4.98 Å². The zero-order chi connectivity index (χ0) is 15.0. The highest BCUT2D eigenvalue weighted by molar-refractivity contribution is 6.04. The molecule has 1 fully saturated rings. The van der Waals surface area contributed by atoms with Gasteiger partial charge in [-0.2, -0.15) is 0 Å². The van der Waals surface area contributed by atoms with Crippen molar-refractivity contribution in [3.8, 4) is 0 Å². The Morgan fingerprint density at radius 1 is 1.38 bits per heavy atom. The van der Waals surface area contributed by atoms with Crippen molar-refractivity contribution in [2.75, 3.05) is 11.4 Å². The number of rotatable bonds is 5. The largest absolute Gasteiger partial charge is 0.478 e. The van der Waals surface area contributed by atoms with Gasteiger partial charge in [-0.15, -0.1) is 0 Å². The fraction of sp³-hybridized carbons (Fsp3) is 0.412. The maximum absolute atomic E-state index is 11.6. The van der Waals surface area contributed by atoms with Crippen LogP contribution in [0.4, 0.5) is 5.69 Å². The molecule has 1 aliphatic carbocycles. The second-order valence-corrected chi connectivity index (χ2v) is 6.12. The fourth-order valence-corrected chi connectivity index (χ4v) is 2.80. The topological polar surface area (TPSA) is 53.4 Å². The smallest absolute Gasteiger partial charge is 0.339 e. The zero-order valence-electron chi connectivity index (χ0n) is 12.4. The van der Waals surface area contributed by atoms with Gasteiger partial charge in [-0.05, 0) is 24.8 Å². The molecule has 110 valence electrons. The lowest BCUT2D eigenvalue weighted by Crippen LogP contribution is -2.31. The van der Waals surface area contributed by atoms with Crippen LogP contribution in [0.15, 0.2) is 30.5 Å². The molecule has 0 spiro atoms. The number of anilines is 1. The molecular formula is C17H20N2O2. The van der Waals surface area contributed by atoms with Gasteiger partial charge in [0.1, 0.15) is 5.56 Å². The first-order chi connectivity index (χ1) is 10.1. The van der Waals surface area contributed by atoms with Crippen LogP contribution < -0.4 is 4.90 Å². The molecule has 4 nitrogen and oxygen atoms in total. The van der Waals surface area contributed by atoms with Crippen LogP contribution >= 0.6 is 0 Å². The molecule has 1 aromatic heterocycles. The Kier molecular flexibility index (Phi) is 3.53. The lowest BCUT2D eigenvalue weighted by atomic mass is 10.1. The Hall–Kier alpha value is -2.10. The molecule has 2 aromatic rings. The summed E-state index contributed by atoms with van der Waals surface area (Å²) in [5, 5.41) is 10.5. The van der Waals surface area contributed by atoms with Gasteiger partial charge in [-0.25, -0.2) is 4.79 Å². The number of para-hydroxylation sites is 1. The number of benzene rings is 1. The maximum Gasteiger partial charge on any atom is 0.339 e. The summed E-state index contributed by atoms with van der Waals surface area (Å²) in [4.78, 5) is 18.2. The Balaban J connectivity index is 2.21. The molecule has 3 rings (SSSR count). The van der Waals surface area contributed by atoms with E-state index in [0.717, 1.165) is 36.0 Å². The first kappa shape index (κ1) is 13.9. The van der Waals surface area contributed by atoms with Crippen LogP contribution in [0.3, 0.4) is 0 Å². The van der Waals surface area contributed by atoms with Crippen LogP contribution in [0.1, 0.15) is 37.0 Å². The second-order valence-electron chi connectivity index (χ2n) is 6.12. The predicted molar refractivity (Wildman–Crippen MR) is 83.9 cm³/mol. The fourth-order valence-electron chi connectivity index (χ4n) is 2.80. The van der Waals surface area contributed by atoms with Gasteiger partial charge in [0.25, 0.3) is 0 Å². The van der Waals surface area contributed by atoms with E-state index in [1.54, 1.807) is 0 Å². The van der Waals surface area contributed by atoms with Crippen LogP contribution in [0.25, 0.3) is 10.9 Å². The molecule has 21 heavy (non-hydrogen) atoms. The lowest BCUT2D eigenvalue weighted by molar-refractivity contribution is 0.0697. The number of aromatic nitrogens is 1. The van der Waals surface area contributed by atoms with Crippen LogP contribution in [-0.2, 0) is 0 Å². The minimum atomic E-state index is -0.905. The summed E-state index contributed by atoms with van der Waals surface area (Å²) in [5.41, 5.74) is 2.00. The number of fused-ring (bicyclic) bond motifs is 1. The van der Waals surface area contributed by atoms with Gasteiger partial charge >= 0.3 is 5.97 Å². The standard InChI is InChI=1S/C17H20N2O2/c1-11(2)10-19(12-7-8-12)16-13-5-3-4-6-15(13)18-9-14(16)17(20)21/h3-6,9,11-12H,7-8,10H2,1-2H3,(H,20,21). The first-order valence-electron chi connectivity index (χ1n) is 7.45. The van der Waals surface area contributed by atoms with Crippen molar-refractivity contribution >= 4 is 22.6 Å². The number of carboxylic acids is 1. The number of aromatic carboxylic acids is 1. The molecule has 1 aliphatic rings. The molecule has 0 saturated heterocycles. The van der Waals surface area contributed by atoms with Gasteiger partial charge < -0.3 is 10.0 Å². The van der Waals surface area contributed by atoms with Crippen molar-refractivity contribution in [3.63, 3.8) is 0 Å². The van der Waals surface area contributed by atoms with Crippen LogP contribution in [0.5, 0.6) is 0 Å². The van der Waals surface area contributed by atoms with E-state index in [0.29, 0.717) is 17.5 Å². The predicted octanol–water partition coefficient (Wildman–Crippen LogP) is 3.56. The SMILES string of the molecule is CC(C)CN(c1c(C(=O)O)cnc2ccccc12)C1CC1. The van der Waals surface area contributed by atoms with Gasteiger partial charge in [0, 0.05) is 24.2 Å². The minimum Gasteiger partial charge on any atom is -0.478 e. The lowest BCUT2D eigenvalue weighted by Gasteiger charge is -2.29. The maximum atomic E-state index is 11.6. The van der Waals surface area contributed by atoms with Crippen LogP contribution in [-0.4, -0.2) is 28.6 Å². The summed E-state index contributed by atoms with van der Waals surface area (Å²) >= 11 is 0. The van der Waals surface area contributed by atoms with E-state index >= 15 is 0 Å². The molecule has 0 radical (unpaired) electrons. The van der Waals surface area contributed by atoms with Gasteiger partial charge in [-0.3, -0.25) is 4.98 Å². The summed E-state index contributed by atoms with van der Waals surface area (Å²) in [6.45, 7) is 5.21. The number of hydrogen-bond donors (Lipinski definition) is 1. The van der Waals surface area contributed by atoms with Gasteiger partial charge in [0.15, 0.2) is 0 Å². The van der Waals surface area contributed by atoms with Crippen LogP contribution in [0.2, 0.25) is 0 Å². The monoisotopic (exact) mass is 284 g/mol. The summed E-state index contributed by atoms with van der Waals surface area (Å²) in [7, 11) is 0. The molecule has 0 bridgehead atoms. The van der Waals surface area contributed by atoms with E-state index in [1.165, 1.54) is 6.20 Å². The highest BCUT2D eigenvalue weighted by Gasteiger charge is 2.33. The molecule has 1 saturated carbocycles. The number of pyridine rings is 1. The Labute approximate surface area is 124 Å². The molecule has 1 heterocycles. The molecule has 1 aromatic carbocycles. The second kappa shape index (κ2) is 5.35. The summed E-state index contributed by atoms with van der Waals surface area (Å²) in [6.07, 6.45) is 3.78. The van der Waals surface area contributed by atoms with E-state index < -0.39 is 5.97 Å². The van der Waals surface area contributed by atoms with E-state index in [4.69, 9.17) is 0 Å². The summed E-state index contributed by atoms with van der Waals surface area (Å²) in [6, 6.07) is 8.25. The Morgan fingerprint density at radius 3 is 2.71 bits per heavy atom. The van der Waals surface area contributed by atoms with Crippen molar-refractivity contribution < 1.29 is 9.90 Å². The highest BCUT2D eigenvalue weighted by atomic mass is 16.4. The molecule has 0 aliphatic heterocycles. The molecule has 4 heteroatoms. The van der Waals surface area contributed by atoms with Gasteiger partial charge in [0.2, 0.25) is 0 Å².